The number of benzene rings is 2. The summed E-state index contributed by atoms with van der Waals surface area (Å²) in [5.74, 6) is -0.0517. The lowest BCUT2D eigenvalue weighted by Gasteiger charge is -2.41. The average molecular weight is 495 g/mol. The van der Waals surface area contributed by atoms with Crippen LogP contribution < -0.4 is 20.1 Å². The van der Waals surface area contributed by atoms with Gasteiger partial charge in [-0.05, 0) is 61.4 Å². The van der Waals surface area contributed by atoms with E-state index in [2.05, 4.69) is 10.6 Å². The van der Waals surface area contributed by atoms with Crippen LogP contribution >= 0.6 is 0 Å². The normalized spacial score (nSPS) is 19.8. The van der Waals surface area contributed by atoms with E-state index in [1.807, 2.05) is 0 Å². The Balaban J connectivity index is 1.55. The van der Waals surface area contributed by atoms with Crippen LogP contribution in [0.25, 0.3) is 0 Å². The molecule has 2 N–H and O–H groups in total. The summed E-state index contributed by atoms with van der Waals surface area (Å²) in [7, 11) is 3.09. The van der Waals surface area contributed by atoms with Crippen LogP contribution in [-0.2, 0) is 9.59 Å². The first-order chi connectivity index (χ1) is 17.4. The van der Waals surface area contributed by atoms with E-state index in [0.717, 1.165) is 6.42 Å². The molecule has 0 bridgehead atoms. The monoisotopic (exact) mass is 494 g/mol. The van der Waals surface area contributed by atoms with Gasteiger partial charge in [0.15, 0.2) is 0 Å². The Kier molecular flexibility index (Phi) is 7.72. The fourth-order valence-corrected chi connectivity index (χ4v) is 4.43. The molecule has 0 unspecified atom stereocenters. The maximum absolute atomic E-state index is 13.4. The maximum Gasteiger partial charge on any atom is 0.254 e. The van der Waals surface area contributed by atoms with E-state index < -0.39 is 18.0 Å². The van der Waals surface area contributed by atoms with Crippen molar-refractivity contribution in [2.45, 2.75) is 24.9 Å². The van der Waals surface area contributed by atoms with Crippen LogP contribution in [0.5, 0.6) is 11.5 Å². The molecule has 0 spiro atoms. The third kappa shape index (κ3) is 5.42. The maximum atomic E-state index is 13.4. The largest absolute Gasteiger partial charge is 0.497 e. The molecule has 10 nitrogen and oxygen atoms in total. The molecule has 2 atom stereocenters. The van der Waals surface area contributed by atoms with Crippen LogP contribution in [0.4, 0.5) is 0 Å². The number of hydrogen-bond donors (Lipinski definition) is 2. The third-order valence-electron chi connectivity index (χ3n) is 6.51. The lowest BCUT2D eigenvalue weighted by molar-refractivity contribution is -0.133. The van der Waals surface area contributed by atoms with E-state index in [1.165, 1.54) is 12.0 Å². The highest BCUT2D eigenvalue weighted by molar-refractivity contribution is 6.00. The topological polar surface area (TPSA) is 117 Å². The molecular formula is C26H30N4O6. The lowest BCUT2D eigenvalue weighted by Crippen LogP contribution is -2.63. The summed E-state index contributed by atoms with van der Waals surface area (Å²) < 4.78 is 10.3. The van der Waals surface area contributed by atoms with Crippen molar-refractivity contribution in [3.05, 3.63) is 59.7 Å². The van der Waals surface area contributed by atoms with Crippen molar-refractivity contribution < 1.29 is 28.7 Å². The second-order valence-electron chi connectivity index (χ2n) is 8.72. The Bertz CT molecular complexity index is 1120. The van der Waals surface area contributed by atoms with Crippen molar-refractivity contribution in [2.24, 2.45) is 0 Å². The fraction of sp³-hybridized carbons (Fsp3) is 0.385. The van der Waals surface area contributed by atoms with Crippen molar-refractivity contribution in [1.29, 1.82) is 0 Å². The van der Waals surface area contributed by atoms with E-state index >= 15 is 0 Å². The number of piperazine rings is 1. The van der Waals surface area contributed by atoms with Crippen molar-refractivity contribution in [3.63, 3.8) is 0 Å². The highest BCUT2D eigenvalue weighted by Crippen LogP contribution is 2.20. The first-order valence-electron chi connectivity index (χ1n) is 11.9. The molecule has 2 saturated heterocycles. The third-order valence-corrected chi connectivity index (χ3v) is 6.51. The second kappa shape index (κ2) is 11.1. The van der Waals surface area contributed by atoms with Gasteiger partial charge in [-0.3, -0.25) is 19.2 Å². The first kappa shape index (κ1) is 25.0. The van der Waals surface area contributed by atoms with Crippen molar-refractivity contribution in [2.75, 3.05) is 40.4 Å². The number of carbonyl (C=O) groups excluding carboxylic acids is 4. The number of methoxy groups -OCH3 is 2. The average Bonchev–Trinajstić information content (AvgIpc) is 2.93. The number of nitrogens with zero attached hydrogens (tertiary/aromatic N) is 2. The predicted octanol–water partition coefficient (Wildman–Crippen LogP) is 1.07. The van der Waals surface area contributed by atoms with Crippen molar-refractivity contribution in [3.8, 4) is 11.5 Å². The SMILES string of the molecule is COc1ccc(C(=O)N2CCN(C(=O)c3ccc(OC)cc3)[C@@H](C(=O)N[C@H]3CCCNC3=O)C2)cc1. The summed E-state index contributed by atoms with van der Waals surface area (Å²) in [6, 6.07) is 11.7. The first-order valence-corrected chi connectivity index (χ1v) is 11.9. The van der Waals surface area contributed by atoms with Crippen LogP contribution in [-0.4, -0.2) is 85.9 Å². The molecule has 0 aromatic heterocycles. The number of amides is 4. The molecule has 2 fully saturated rings. The zero-order valence-electron chi connectivity index (χ0n) is 20.4. The molecule has 4 amide bonds. The summed E-state index contributed by atoms with van der Waals surface area (Å²) in [5.41, 5.74) is 0.857. The van der Waals surface area contributed by atoms with E-state index in [-0.39, 0.29) is 37.4 Å². The summed E-state index contributed by atoms with van der Waals surface area (Å²) in [6.07, 6.45) is 1.27. The van der Waals surface area contributed by atoms with Crippen LogP contribution in [0.3, 0.4) is 0 Å². The van der Waals surface area contributed by atoms with Gasteiger partial charge in [0.25, 0.3) is 11.8 Å². The molecule has 0 aliphatic carbocycles. The zero-order chi connectivity index (χ0) is 25.7. The van der Waals surface area contributed by atoms with Crippen LogP contribution in [0.2, 0.25) is 0 Å². The molecular weight excluding hydrogens is 464 g/mol. The van der Waals surface area contributed by atoms with Gasteiger partial charge in [-0.2, -0.15) is 0 Å². The van der Waals surface area contributed by atoms with Crippen molar-refractivity contribution >= 4 is 23.6 Å². The van der Waals surface area contributed by atoms with Gasteiger partial charge in [0.05, 0.1) is 20.8 Å². The molecule has 10 heteroatoms. The number of nitrogens with one attached hydrogen (secondary N) is 2. The second-order valence-corrected chi connectivity index (χ2v) is 8.72. The van der Waals surface area contributed by atoms with Gasteiger partial charge in [0, 0.05) is 30.8 Å². The Morgan fingerprint density at radius 1 is 0.889 bits per heavy atom. The molecule has 2 aliphatic heterocycles. The minimum absolute atomic E-state index is 0.00687. The number of hydrogen-bond acceptors (Lipinski definition) is 6. The Morgan fingerprint density at radius 3 is 2.03 bits per heavy atom. The van der Waals surface area contributed by atoms with Crippen LogP contribution in [0.1, 0.15) is 33.6 Å². The summed E-state index contributed by atoms with van der Waals surface area (Å²) in [4.78, 5) is 55.2. The molecule has 0 saturated carbocycles. The summed E-state index contributed by atoms with van der Waals surface area (Å²) >= 11 is 0. The molecule has 4 rings (SSSR count). The van der Waals surface area contributed by atoms with E-state index in [9.17, 15) is 19.2 Å². The number of piperidine rings is 1. The standard InChI is InChI=1S/C26H30N4O6/c1-35-19-9-5-17(6-10-19)25(33)29-14-15-30(26(34)18-7-11-20(36-2)12-8-18)22(16-29)24(32)28-21-4-3-13-27-23(21)31/h5-12,21-22H,3-4,13-16H2,1-2H3,(H,27,31)(H,28,32)/t21-,22+/m0/s1. The van der Waals surface area contributed by atoms with Crippen LogP contribution in [0, 0.1) is 0 Å². The molecule has 36 heavy (non-hydrogen) atoms. The Hall–Kier alpha value is -4.08. The number of carbonyl (C=O) groups is 4. The molecule has 2 aromatic carbocycles. The predicted molar refractivity (Wildman–Crippen MR) is 131 cm³/mol. The molecule has 2 heterocycles. The van der Waals surface area contributed by atoms with Gasteiger partial charge in [0.1, 0.15) is 23.6 Å². The minimum atomic E-state index is -0.953. The molecule has 2 aromatic rings. The number of rotatable bonds is 6. The Labute approximate surface area is 209 Å². The molecule has 0 radical (unpaired) electrons. The summed E-state index contributed by atoms with van der Waals surface area (Å²) in [6.45, 7) is 1.01. The zero-order valence-corrected chi connectivity index (χ0v) is 20.4. The van der Waals surface area contributed by atoms with Gasteiger partial charge < -0.3 is 29.9 Å². The van der Waals surface area contributed by atoms with E-state index in [4.69, 9.17) is 9.47 Å². The fourth-order valence-electron chi connectivity index (χ4n) is 4.43. The summed E-state index contributed by atoms with van der Waals surface area (Å²) in [5, 5.41) is 5.54. The van der Waals surface area contributed by atoms with Gasteiger partial charge in [-0.25, -0.2) is 0 Å². The van der Waals surface area contributed by atoms with Crippen molar-refractivity contribution in [1.82, 2.24) is 20.4 Å². The molecule has 2 aliphatic rings. The minimum Gasteiger partial charge on any atom is -0.497 e. The van der Waals surface area contributed by atoms with Gasteiger partial charge in [-0.15, -0.1) is 0 Å². The quantitative estimate of drug-likeness (QED) is 0.620. The van der Waals surface area contributed by atoms with Gasteiger partial charge >= 0.3 is 0 Å². The lowest BCUT2D eigenvalue weighted by atomic mass is 10.0. The molecule has 190 valence electrons. The smallest absolute Gasteiger partial charge is 0.254 e. The number of ether oxygens (including phenoxy) is 2. The highest BCUT2D eigenvalue weighted by Gasteiger charge is 2.39. The Morgan fingerprint density at radius 2 is 1.47 bits per heavy atom. The highest BCUT2D eigenvalue weighted by atomic mass is 16.5. The van der Waals surface area contributed by atoms with Gasteiger partial charge in [0.2, 0.25) is 11.8 Å². The van der Waals surface area contributed by atoms with Crippen LogP contribution in [0.15, 0.2) is 48.5 Å². The van der Waals surface area contributed by atoms with E-state index in [0.29, 0.717) is 35.6 Å². The van der Waals surface area contributed by atoms with Gasteiger partial charge in [-0.1, -0.05) is 0 Å². The van der Waals surface area contributed by atoms with E-state index in [1.54, 1.807) is 60.5 Å².